The molecule has 1 heterocycles. The van der Waals surface area contributed by atoms with Crippen molar-refractivity contribution in [2.75, 3.05) is 0 Å². The predicted molar refractivity (Wildman–Crippen MR) is 82.0 cm³/mol. The maximum absolute atomic E-state index is 14.4. The van der Waals surface area contributed by atoms with E-state index in [-0.39, 0.29) is 11.9 Å². The first-order valence-electron chi connectivity index (χ1n) is 7.58. The van der Waals surface area contributed by atoms with Crippen molar-refractivity contribution in [3.05, 3.63) is 41.2 Å². The van der Waals surface area contributed by atoms with Crippen LogP contribution in [-0.2, 0) is 19.3 Å². The molecule has 0 amide bonds. The van der Waals surface area contributed by atoms with Crippen molar-refractivity contribution in [2.45, 2.75) is 52.5 Å². The molecule has 0 saturated carbocycles. The van der Waals surface area contributed by atoms with Gasteiger partial charge in [0.15, 0.2) is 5.82 Å². The van der Waals surface area contributed by atoms with Crippen LogP contribution in [-0.4, -0.2) is 20.8 Å². The monoisotopic (exact) mass is 290 g/mol. The molecule has 2 N–H and O–H groups in total. The highest BCUT2D eigenvalue weighted by atomic mass is 19.1. The van der Waals surface area contributed by atoms with Gasteiger partial charge in [-0.25, -0.2) is 14.1 Å². The van der Waals surface area contributed by atoms with Crippen molar-refractivity contribution in [3.63, 3.8) is 0 Å². The van der Waals surface area contributed by atoms with E-state index in [0.29, 0.717) is 18.5 Å². The summed E-state index contributed by atoms with van der Waals surface area (Å²) in [4.78, 5) is 4.46. The van der Waals surface area contributed by atoms with Gasteiger partial charge in [-0.05, 0) is 24.5 Å². The molecule has 0 radical (unpaired) electrons. The van der Waals surface area contributed by atoms with Crippen LogP contribution in [0.1, 0.15) is 44.4 Å². The van der Waals surface area contributed by atoms with Gasteiger partial charge in [-0.3, -0.25) is 0 Å². The fourth-order valence-corrected chi connectivity index (χ4v) is 2.34. The minimum absolute atomic E-state index is 0.0183. The van der Waals surface area contributed by atoms with Gasteiger partial charge >= 0.3 is 0 Å². The van der Waals surface area contributed by atoms with E-state index in [1.807, 2.05) is 26.8 Å². The lowest BCUT2D eigenvalue weighted by Gasteiger charge is -2.15. The minimum Gasteiger partial charge on any atom is -0.327 e. The molecule has 0 spiro atoms. The number of aromatic nitrogens is 3. The highest BCUT2D eigenvalue weighted by Crippen LogP contribution is 2.22. The molecule has 4 nitrogen and oxygen atoms in total. The number of nitrogens with two attached hydrogens (primary N) is 1. The van der Waals surface area contributed by atoms with Gasteiger partial charge in [-0.1, -0.05) is 32.9 Å². The van der Waals surface area contributed by atoms with E-state index >= 15 is 0 Å². The Morgan fingerprint density at radius 2 is 2.00 bits per heavy atom. The van der Waals surface area contributed by atoms with Crippen LogP contribution >= 0.6 is 0 Å². The molecular weight excluding hydrogens is 267 g/mol. The molecule has 1 aromatic carbocycles. The summed E-state index contributed by atoms with van der Waals surface area (Å²) in [7, 11) is 0. The van der Waals surface area contributed by atoms with Crippen LogP contribution < -0.4 is 5.73 Å². The summed E-state index contributed by atoms with van der Waals surface area (Å²) in [5.41, 5.74) is 7.41. The van der Waals surface area contributed by atoms with Crippen LogP contribution in [0.15, 0.2) is 18.2 Å². The highest BCUT2D eigenvalue weighted by Gasteiger charge is 2.17. The van der Waals surface area contributed by atoms with Crippen molar-refractivity contribution in [1.82, 2.24) is 14.8 Å². The lowest BCUT2D eigenvalue weighted by Crippen LogP contribution is -2.23. The molecule has 0 aliphatic carbocycles. The van der Waals surface area contributed by atoms with E-state index in [0.717, 1.165) is 30.1 Å². The lowest BCUT2D eigenvalue weighted by atomic mass is 10.0. The second kappa shape index (κ2) is 6.80. The van der Waals surface area contributed by atoms with Gasteiger partial charge in [0.05, 0.1) is 0 Å². The molecule has 2 rings (SSSR count). The summed E-state index contributed by atoms with van der Waals surface area (Å²) in [6.45, 7) is 6.03. The fourth-order valence-electron chi connectivity index (χ4n) is 2.34. The standard InChI is InChI=1S/C16H23FN4/c1-4-12(18)10-11-8-7-9-13(17)16(11)21-15(6-3)19-14(5-2)20-21/h7-9,12H,4-6,10,18H2,1-3H3. The Balaban J connectivity index is 2.54. The largest absolute Gasteiger partial charge is 0.327 e. The lowest BCUT2D eigenvalue weighted by molar-refractivity contribution is 0.591. The van der Waals surface area contributed by atoms with E-state index in [4.69, 9.17) is 5.73 Å². The van der Waals surface area contributed by atoms with Gasteiger partial charge in [0.1, 0.15) is 17.3 Å². The van der Waals surface area contributed by atoms with Crippen molar-refractivity contribution in [2.24, 2.45) is 5.73 Å². The number of nitrogens with zero attached hydrogens (tertiary/aromatic N) is 3. The molecule has 1 unspecified atom stereocenters. The maximum atomic E-state index is 14.4. The summed E-state index contributed by atoms with van der Waals surface area (Å²) >= 11 is 0. The molecule has 5 heteroatoms. The Morgan fingerprint density at radius 1 is 1.24 bits per heavy atom. The van der Waals surface area contributed by atoms with Crippen LogP contribution in [0.2, 0.25) is 0 Å². The molecule has 1 atom stereocenters. The molecule has 0 aliphatic rings. The smallest absolute Gasteiger partial charge is 0.151 e. The summed E-state index contributed by atoms with van der Waals surface area (Å²) < 4.78 is 16.0. The highest BCUT2D eigenvalue weighted by molar-refractivity contribution is 5.43. The number of hydrogen-bond donors (Lipinski definition) is 1. The predicted octanol–water partition coefficient (Wildman–Crippen LogP) is 2.81. The van der Waals surface area contributed by atoms with E-state index < -0.39 is 0 Å². The quantitative estimate of drug-likeness (QED) is 0.890. The summed E-state index contributed by atoms with van der Waals surface area (Å²) in [6, 6.07) is 5.12. The zero-order valence-electron chi connectivity index (χ0n) is 12.9. The third-order valence-electron chi connectivity index (χ3n) is 3.64. The normalized spacial score (nSPS) is 12.6. The van der Waals surface area contributed by atoms with Gasteiger partial charge in [0.25, 0.3) is 0 Å². The maximum Gasteiger partial charge on any atom is 0.151 e. The molecule has 21 heavy (non-hydrogen) atoms. The summed E-state index contributed by atoms with van der Waals surface area (Å²) in [5, 5.41) is 4.45. The Kier molecular flexibility index (Phi) is 5.07. The third kappa shape index (κ3) is 3.29. The number of benzene rings is 1. The minimum atomic E-state index is -0.280. The van der Waals surface area contributed by atoms with Crippen LogP contribution in [0.4, 0.5) is 4.39 Å². The van der Waals surface area contributed by atoms with Gasteiger partial charge in [-0.2, -0.15) is 5.10 Å². The van der Waals surface area contributed by atoms with Crippen molar-refractivity contribution in [1.29, 1.82) is 0 Å². The molecule has 0 bridgehead atoms. The molecule has 1 aromatic heterocycles. The topological polar surface area (TPSA) is 56.7 Å². The Labute approximate surface area is 125 Å². The number of para-hydroxylation sites is 1. The van der Waals surface area contributed by atoms with Gasteiger partial charge in [0, 0.05) is 18.9 Å². The number of aryl methyl sites for hydroxylation is 2. The van der Waals surface area contributed by atoms with Crippen molar-refractivity contribution in [3.8, 4) is 5.69 Å². The van der Waals surface area contributed by atoms with Crippen molar-refractivity contribution < 1.29 is 4.39 Å². The van der Waals surface area contributed by atoms with E-state index in [1.54, 1.807) is 10.7 Å². The number of hydrogen-bond acceptors (Lipinski definition) is 3. The molecule has 2 aromatic rings. The first-order valence-corrected chi connectivity index (χ1v) is 7.58. The molecule has 0 fully saturated rings. The average molecular weight is 290 g/mol. The summed E-state index contributed by atoms with van der Waals surface area (Å²) in [5.74, 6) is 1.24. The molecule has 0 saturated heterocycles. The Bertz CT molecular complexity index is 606. The van der Waals surface area contributed by atoms with E-state index in [1.165, 1.54) is 6.07 Å². The zero-order chi connectivity index (χ0) is 15.4. The first kappa shape index (κ1) is 15.6. The van der Waals surface area contributed by atoms with Crippen LogP contribution in [0.5, 0.6) is 0 Å². The van der Waals surface area contributed by atoms with E-state index in [2.05, 4.69) is 10.1 Å². The summed E-state index contributed by atoms with van der Waals surface area (Å²) in [6.07, 6.45) is 2.93. The van der Waals surface area contributed by atoms with Gasteiger partial charge in [-0.15, -0.1) is 0 Å². The Hall–Kier alpha value is -1.75. The van der Waals surface area contributed by atoms with Gasteiger partial charge in [0.2, 0.25) is 0 Å². The van der Waals surface area contributed by atoms with Crippen LogP contribution in [0, 0.1) is 5.82 Å². The number of rotatable bonds is 6. The Morgan fingerprint density at radius 3 is 2.62 bits per heavy atom. The zero-order valence-corrected chi connectivity index (χ0v) is 12.9. The molecular formula is C16H23FN4. The van der Waals surface area contributed by atoms with Gasteiger partial charge < -0.3 is 5.73 Å². The third-order valence-corrected chi connectivity index (χ3v) is 3.64. The SMILES string of the molecule is CCc1nc(CC)n(-c2c(F)cccc2CC(N)CC)n1. The second-order valence-electron chi connectivity index (χ2n) is 5.18. The average Bonchev–Trinajstić information content (AvgIpc) is 2.90. The fraction of sp³-hybridized carbons (Fsp3) is 0.500. The first-order chi connectivity index (χ1) is 10.1. The van der Waals surface area contributed by atoms with Crippen LogP contribution in [0.3, 0.4) is 0 Å². The second-order valence-corrected chi connectivity index (χ2v) is 5.18. The molecule has 114 valence electrons. The molecule has 0 aliphatic heterocycles. The van der Waals surface area contributed by atoms with E-state index in [9.17, 15) is 4.39 Å². The van der Waals surface area contributed by atoms with Crippen LogP contribution in [0.25, 0.3) is 5.69 Å². The number of halogens is 1. The van der Waals surface area contributed by atoms with Crippen molar-refractivity contribution >= 4 is 0 Å².